The quantitative estimate of drug-likeness (QED) is 0.277. The van der Waals surface area contributed by atoms with E-state index in [0.717, 1.165) is 33.6 Å². The molecule has 1 aliphatic heterocycles. The molecule has 0 aliphatic carbocycles. The van der Waals surface area contributed by atoms with Crippen LogP contribution in [0.4, 0.5) is 11.5 Å². The van der Waals surface area contributed by atoms with Gasteiger partial charge in [0.2, 0.25) is 5.75 Å². The van der Waals surface area contributed by atoms with Crippen molar-refractivity contribution in [3.05, 3.63) is 99.7 Å². The Morgan fingerprint density at radius 3 is 2.28 bits per heavy atom. The number of carbonyl (C=O) groups excluding carboxylic acids is 1. The summed E-state index contributed by atoms with van der Waals surface area (Å²) in [5, 5.41) is 11.7. The standard InChI is InChI=1S/C30H29ClN4O4/c1-17-6-11-23(18(2)12-17)34-30(36)22-16-32-35-25(20-13-26(37-3)28(39-5)27(14-20)38-4)15-24(33-29(22)35)19-7-9-21(31)10-8-19/h6-16,25,33H,1-5H3,(H,34,36)/t25-/m0/s1. The van der Waals surface area contributed by atoms with Crippen LogP contribution in [0.3, 0.4) is 0 Å². The summed E-state index contributed by atoms with van der Waals surface area (Å²) >= 11 is 6.15. The van der Waals surface area contributed by atoms with Crippen LogP contribution in [-0.2, 0) is 0 Å². The van der Waals surface area contributed by atoms with Crippen LogP contribution >= 0.6 is 11.6 Å². The van der Waals surface area contributed by atoms with Gasteiger partial charge >= 0.3 is 0 Å². The Labute approximate surface area is 232 Å². The molecule has 1 amide bonds. The third-order valence-corrected chi connectivity index (χ3v) is 6.95. The van der Waals surface area contributed by atoms with Crippen molar-refractivity contribution in [1.82, 2.24) is 9.78 Å². The lowest BCUT2D eigenvalue weighted by Crippen LogP contribution is -2.22. The third kappa shape index (κ3) is 5.03. The molecule has 200 valence electrons. The highest BCUT2D eigenvalue weighted by atomic mass is 35.5. The molecule has 2 N–H and O–H groups in total. The van der Waals surface area contributed by atoms with Gasteiger partial charge in [-0.25, -0.2) is 4.68 Å². The predicted octanol–water partition coefficient (Wildman–Crippen LogP) is 6.49. The fourth-order valence-electron chi connectivity index (χ4n) is 4.71. The van der Waals surface area contributed by atoms with E-state index in [0.29, 0.717) is 33.7 Å². The summed E-state index contributed by atoms with van der Waals surface area (Å²) in [6, 6.07) is 16.8. The molecule has 3 aromatic carbocycles. The zero-order chi connectivity index (χ0) is 27.7. The number of nitrogens with zero attached hydrogens (tertiary/aromatic N) is 2. The number of aryl methyl sites for hydroxylation is 2. The van der Waals surface area contributed by atoms with Crippen molar-refractivity contribution in [3.8, 4) is 17.2 Å². The minimum atomic E-state index is -0.386. The summed E-state index contributed by atoms with van der Waals surface area (Å²) in [5.74, 6) is 1.83. The van der Waals surface area contributed by atoms with Gasteiger partial charge in [-0.2, -0.15) is 5.10 Å². The highest BCUT2D eigenvalue weighted by Gasteiger charge is 2.29. The van der Waals surface area contributed by atoms with E-state index in [-0.39, 0.29) is 11.9 Å². The lowest BCUT2D eigenvalue weighted by atomic mass is 10.00. The van der Waals surface area contributed by atoms with Crippen LogP contribution in [0.5, 0.6) is 17.2 Å². The second kappa shape index (κ2) is 10.7. The van der Waals surface area contributed by atoms with Gasteiger partial charge in [-0.3, -0.25) is 4.79 Å². The summed E-state index contributed by atoms with van der Waals surface area (Å²) in [5.41, 5.74) is 5.81. The predicted molar refractivity (Wildman–Crippen MR) is 153 cm³/mol. The number of allylic oxidation sites excluding steroid dienone is 1. The highest BCUT2D eigenvalue weighted by Crippen LogP contribution is 2.43. The Morgan fingerprint density at radius 2 is 1.67 bits per heavy atom. The molecule has 39 heavy (non-hydrogen) atoms. The van der Waals surface area contributed by atoms with Crippen LogP contribution in [0, 0.1) is 13.8 Å². The first-order chi connectivity index (χ1) is 18.8. The molecule has 0 saturated heterocycles. The zero-order valence-corrected chi connectivity index (χ0v) is 23.1. The summed E-state index contributed by atoms with van der Waals surface area (Å²) in [6.45, 7) is 3.99. The average Bonchev–Trinajstić information content (AvgIpc) is 3.37. The molecule has 2 heterocycles. The molecule has 1 aromatic heterocycles. The number of nitrogens with one attached hydrogen (secondary N) is 2. The molecule has 1 aliphatic rings. The summed E-state index contributed by atoms with van der Waals surface area (Å²) < 4.78 is 18.5. The Balaban J connectivity index is 1.61. The molecule has 0 unspecified atom stereocenters. The van der Waals surface area contributed by atoms with Crippen molar-refractivity contribution < 1.29 is 19.0 Å². The van der Waals surface area contributed by atoms with Crippen molar-refractivity contribution >= 4 is 34.7 Å². The summed E-state index contributed by atoms with van der Waals surface area (Å²) in [6.07, 6.45) is 3.61. The largest absolute Gasteiger partial charge is 0.493 e. The van der Waals surface area contributed by atoms with Gasteiger partial charge < -0.3 is 24.8 Å². The second-order valence-corrected chi connectivity index (χ2v) is 9.68. The highest BCUT2D eigenvalue weighted by molar-refractivity contribution is 6.30. The van der Waals surface area contributed by atoms with Crippen LogP contribution < -0.4 is 24.8 Å². The molecule has 1 atom stereocenters. The maximum atomic E-state index is 13.5. The van der Waals surface area contributed by atoms with Crippen LogP contribution in [0.2, 0.25) is 5.02 Å². The molecule has 0 radical (unpaired) electrons. The van der Waals surface area contributed by atoms with E-state index in [1.807, 2.05) is 74.5 Å². The molecular formula is C30H29ClN4O4. The number of halogens is 1. The normalized spacial score (nSPS) is 14.1. The molecule has 4 aromatic rings. The number of hydrogen-bond acceptors (Lipinski definition) is 6. The molecule has 9 heteroatoms. The molecule has 0 spiro atoms. The van der Waals surface area contributed by atoms with Gasteiger partial charge in [0.25, 0.3) is 5.91 Å². The minimum absolute atomic E-state index is 0.267. The zero-order valence-electron chi connectivity index (χ0n) is 22.3. The molecule has 0 fully saturated rings. The maximum Gasteiger partial charge on any atom is 0.261 e. The topological polar surface area (TPSA) is 86.6 Å². The van der Waals surface area contributed by atoms with E-state index in [9.17, 15) is 4.79 Å². The van der Waals surface area contributed by atoms with E-state index < -0.39 is 0 Å². The number of anilines is 2. The Kier molecular flexibility index (Phi) is 7.21. The summed E-state index contributed by atoms with van der Waals surface area (Å²) in [7, 11) is 4.72. The first kappa shape index (κ1) is 26.2. The van der Waals surface area contributed by atoms with E-state index >= 15 is 0 Å². The molecular weight excluding hydrogens is 516 g/mol. The smallest absolute Gasteiger partial charge is 0.261 e. The summed E-state index contributed by atoms with van der Waals surface area (Å²) in [4.78, 5) is 13.5. The Hall–Kier alpha value is -4.43. The van der Waals surface area contributed by atoms with Gasteiger partial charge in [0.05, 0.1) is 33.6 Å². The van der Waals surface area contributed by atoms with E-state index in [2.05, 4.69) is 15.7 Å². The van der Waals surface area contributed by atoms with Crippen LogP contribution in [0.1, 0.15) is 38.7 Å². The van der Waals surface area contributed by atoms with Gasteiger partial charge in [0.1, 0.15) is 11.4 Å². The Morgan fingerprint density at radius 1 is 0.974 bits per heavy atom. The van der Waals surface area contributed by atoms with Crippen molar-refractivity contribution in [2.45, 2.75) is 19.9 Å². The van der Waals surface area contributed by atoms with Gasteiger partial charge in [-0.1, -0.05) is 41.4 Å². The average molecular weight is 545 g/mol. The lowest BCUT2D eigenvalue weighted by Gasteiger charge is -2.27. The minimum Gasteiger partial charge on any atom is -0.493 e. The van der Waals surface area contributed by atoms with Gasteiger partial charge in [0.15, 0.2) is 11.5 Å². The van der Waals surface area contributed by atoms with Crippen LogP contribution in [0.15, 0.2) is 66.9 Å². The third-order valence-electron chi connectivity index (χ3n) is 6.70. The number of amides is 1. The molecule has 5 rings (SSSR count). The lowest BCUT2D eigenvalue weighted by molar-refractivity contribution is 0.102. The van der Waals surface area contributed by atoms with Crippen molar-refractivity contribution in [3.63, 3.8) is 0 Å². The number of carbonyl (C=O) groups is 1. The van der Waals surface area contributed by atoms with Gasteiger partial charge in [0, 0.05) is 16.4 Å². The number of ether oxygens (including phenoxy) is 3. The van der Waals surface area contributed by atoms with Gasteiger partial charge in [-0.15, -0.1) is 0 Å². The second-order valence-electron chi connectivity index (χ2n) is 9.24. The van der Waals surface area contributed by atoms with Gasteiger partial charge in [-0.05, 0) is 66.9 Å². The SMILES string of the molecule is COc1cc([C@@H]2C=C(c3ccc(Cl)cc3)Nc3c(C(=O)Nc4ccc(C)cc4C)cnn32)cc(OC)c1OC. The van der Waals surface area contributed by atoms with Crippen LogP contribution in [0.25, 0.3) is 5.70 Å². The first-order valence-electron chi connectivity index (χ1n) is 12.3. The number of hydrogen-bond donors (Lipinski definition) is 2. The molecule has 0 saturated carbocycles. The first-order valence-corrected chi connectivity index (χ1v) is 12.7. The van der Waals surface area contributed by atoms with E-state index in [1.54, 1.807) is 32.2 Å². The monoisotopic (exact) mass is 544 g/mol. The Bertz CT molecular complexity index is 1550. The molecule has 0 bridgehead atoms. The van der Waals surface area contributed by atoms with Crippen LogP contribution in [-0.4, -0.2) is 37.0 Å². The molecule has 8 nitrogen and oxygen atoms in total. The van der Waals surface area contributed by atoms with E-state index in [4.69, 9.17) is 25.8 Å². The fraction of sp³-hybridized carbons (Fsp3) is 0.200. The number of rotatable bonds is 7. The number of methoxy groups -OCH3 is 3. The number of aromatic nitrogens is 2. The van der Waals surface area contributed by atoms with E-state index in [1.165, 1.54) is 0 Å². The number of benzene rings is 3. The number of fused-ring (bicyclic) bond motifs is 1. The van der Waals surface area contributed by atoms with Crippen molar-refractivity contribution in [1.29, 1.82) is 0 Å². The fourth-order valence-corrected chi connectivity index (χ4v) is 4.84. The maximum absolute atomic E-state index is 13.5. The van der Waals surface area contributed by atoms with Crippen molar-refractivity contribution in [2.75, 3.05) is 32.0 Å². The van der Waals surface area contributed by atoms with Crippen molar-refractivity contribution in [2.24, 2.45) is 0 Å².